The van der Waals surface area contributed by atoms with E-state index in [2.05, 4.69) is 65.1 Å². The normalized spacial score (nSPS) is 14.3. The smallest absolute Gasteiger partial charge is 0.0435 e. The van der Waals surface area contributed by atoms with Gasteiger partial charge in [0.05, 0.1) is 0 Å². The Hall–Kier alpha value is 0.0800. The van der Waals surface area contributed by atoms with Crippen LogP contribution < -0.4 is 24.8 Å². The van der Waals surface area contributed by atoms with Crippen molar-refractivity contribution in [1.82, 2.24) is 0 Å². The maximum Gasteiger partial charge on any atom is 0.0435 e. The third-order valence-corrected chi connectivity index (χ3v) is 6.01. The quantitative estimate of drug-likeness (QED) is 0.283. The molecule has 0 N–H and O–H groups in total. The molecule has 33 heavy (non-hydrogen) atoms. The van der Waals surface area contributed by atoms with Crippen molar-refractivity contribution in [1.29, 1.82) is 0 Å². The molecule has 1 aliphatic carbocycles. The number of fused-ring (bicyclic) bond motifs is 1. The number of benzene rings is 2. The molecule has 1 atom stereocenters. The van der Waals surface area contributed by atoms with Gasteiger partial charge in [-0.05, 0) is 17.7 Å². The standard InChI is InChI=1S/C15H8Cl3.C9H13.C2H6Si.2ClH.Zr/c16-10-7-13(17)15(14(18)8-10)12-6-5-9-3-1-2-4-11(9)12;1-6-5-7(2)9(4)8(6)3;1-3-2;;;/h1-8H;6H,1-4H3;1-2H3;2*1H;/q2*-1;;;;+2/p-2. The van der Waals surface area contributed by atoms with Crippen molar-refractivity contribution >= 4 is 51.0 Å². The molecule has 3 aromatic carbocycles. The molecule has 1 aliphatic rings. The molecule has 0 nitrogen and oxygen atoms in total. The number of allylic oxidation sites excluding steroid dienone is 4. The summed E-state index contributed by atoms with van der Waals surface area (Å²) in [6.45, 7) is 13.3. The van der Waals surface area contributed by atoms with Crippen LogP contribution in [0.25, 0.3) is 21.9 Å². The van der Waals surface area contributed by atoms with Crippen LogP contribution in [0.1, 0.15) is 27.7 Å². The fourth-order valence-corrected chi connectivity index (χ4v) is 4.35. The Morgan fingerprint density at radius 3 is 1.91 bits per heavy atom. The maximum absolute atomic E-state index is 6.26. The summed E-state index contributed by atoms with van der Waals surface area (Å²) in [5, 5.41) is 4.01. The average molecular weight is 636 g/mol. The zero-order valence-electron chi connectivity index (χ0n) is 19.6. The first-order valence-corrected chi connectivity index (χ1v) is 17.4. The van der Waals surface area contributed by atoms with E-state index in [-0.39, 0.29) is 30.2 Å². The fourth-order valence-electron chi connectivity index (χ4n) is 3.33. The van der Waals surface area contributed by atoms with Crippen molar-refractivity contribution in [3.8, 4) is 11.1 Å². The largest absolute Gasteiger partial charge is 1.00 e. The van der Waals surface area contributed by atoms with Crippen LogP contribution in [0.2, 0.25) is 28.2 Å². The zero-order chi connectivity index (χ0) is 23.3. The van der Waals surface area contributed by atoms with Gasteiger partial charge in [-0.1, -0.05) is 67.6 Å². The van der Waals surface area contributed by atoms with Crippen LogP contribution in [0.5, 0.6) is 0 Å². The fraction of sp³-hybridized carbons (Fsp3) is 0.269. The molecule has 0 aliphatic heterocycles. The summed E-state index contributed by atoms with van der Waals surface area (Å²) in [5.41, 5.74) is 6.33. The molecule has 0 saturated heterocycles. The van der Waals surface area contributed by atoms with Crippen LogP contribution in [0.3, 0.4) is 0 Å². The summed E-state index contributed by atoms with van der Waals surface area (Å²) in [6.07, 6.45) is 3.36. The molecule has 3 aromatic rings. The molecule has 0 saturated carbocycles. The zero-order valence-corrected chi connectivity index (χ0v) is 26.8. The van der Waals surface area contributed by atoms with Gasteiger partial charge in [-0.15, -0.1) is 53.6 Å². The second-order valence-electron chi connectivity index (χ2n) is 7.88. The number of hydrogen-bond acceptors (Lipinski definition) is 0. The van der Waals surface area contributed by atoms with E-state index in [4.69, 9.17) is 34.8 Å². The molecule has 176 valence electrons. The molecule has 0 radical (unpaired) electrons. The van der Waals surface area contributed by atoms with Crippen molar-refractivity contribution in [2.75, 3.05) is 0 Å². The van der Waals surface area contributed by atoms with Gasteiger partial charge in [-0.3, -0.25) is 6.08 Å². The summed E-state index contributed by atoms with van der Waals surface area (Å²) < 4.78 is 0. The van der Waals surface area contributed by atoms with Gasteiger partial charge >= 0.3 is 41.9 Å². The van der Waals surface area contributed by atoms with Crippen molar-refractivity contribution in [3.63, 3.8) is 0 Å². The Labute approximate surface area is 241 Å². The summed E-state index contributed by atoms with van der Waals surface area (Å²) in [6, 6.07) is 15.7. The minimum Gasteiger partial charge on any atom is -1.00 e. The summed E-state index contributed by atoms with van der Waals surface area (Å²) >= 11 is 20.2. The Kier molecular flexibility index (Phi) is 15.3. The number of hydrogen-bond donors (Lipinski definition) is 0. The van der Waals surface area contributed by atoms with Gasteiger partial charge in [0, 0.05) is 15.1 Å². The van der Waals surface area contributed by atoms with Crippen LogP contribution >= 0.6 is 34.8 Å². The van der Waals surface area contributed by atoms with E-state index in [0.717, 1.165) is 16.5 Å². The first-order valence-electron chi connectivity index (χ1n) is 10.1. The predicted octanol–water partition coefficient (Wildman–Crippen LogP) is 3.70. The van der Waals surface area contributed by atoms with E-state index in [0.29, 0.717) is 21.0 Å². The van der Waals surface area contributed by atoms with Crippen molar-refractivity contribution < 1.29 is 48.1 Å². The third kappa shape index (κ3) is 9.23. The predicted molar refractivity (Wildman–Crippen MR) is 137 cm³/mol. The SMILES string of the molecule is CC1=[C-]C(C)C(C)=C1C.C[Si](C)=[Zr+2].Clc1cc(Cl)c(-c2c[cH-]c3ccccc23)c(Cl)c1.[Cl-].[Cl-]. The Balaban J connectivity index is 0.000000580. The molecular weight excluding hydrogens is 609 g/mol. The topological polar surface area (TPSA) is 0 Å². The molecule has 0 heterocycles. The van der Waals surface area contributed by atoms with Crippen LogP contribution in [-0.2, 0) is 23.3 Å². The second-order valence-corrected chi connectivity index (χ2v) is 18.5. The molecule has 4 rings (SSSR count). The first kappa shape index (κ1) is 33.1. The summed E-state index contributed by atoms with van der Waals surface area (Å²) in [4.78, 5) is 0. The van der Waals surface area contributed by atoms with E-state index in [9.17, 15) is 0 Å². The minimum atomic E-state index is 0. The summed E-state index contributed by atoms with van der Waals surface area (Å²) in [5.74, 6) is 0.560. The van der Waals surface area contributed by atoms with Crippen LogP contribution in [0, 0.1) is 12.0 Å². The molecule has 0 spiro atoms. The van der Waals surface area contributed by atoms with E-state index >= 15 is 0 Å². The maximum atomic E-state index is 6.26. The number of rotatable bonds is 1. The molecule has 0 amide bonds. The van der Waals surface area contributed by atoms with Gasteiger partial charge in [0.25, 0.3) is 0 Å². The van der Waals surface area contributed by atoms with Gasteiger partial charge in [0.2, 0.25) is 0 Å². The Bertz CT molecular complexity index is 1130. The van der Waals surface area contributed by atoms with E-state index in [1.165, 1.54) is 22.1 Å². The van der Waals surface area contributed by atoms with Gasteiger partial charge in [-0.2, -0.15) is 11.1 Å². The van der Waals surface area contributed by atoms with Gasteiger partial charge < -0.3 is 24.8 Å². The van der Waals surface area contributed by atoms with Crippen LogP contribution in [0.15, 0.2) is 65.3 Å². The summed E-state index contributed by atoms with van der Waals surface area (Å²) in [7, 11) is 0. The van der Waals surface area contributed by atoms with Crippen molar-refractivity contribution in [3.05, 3.63) is 86.4 Å². The third-order valence-electron chi connectivity index (χ3n) is 5.19. The second kappa shape index (κ2) is 15.2. The van der Waals surface area contributed by atoms with E-state index in [1.54, 1.807) is 35.5 Å². The van der Waals surface area contributed by atoms with Gasteiger partial charge in [0.1, 0.15) is 0 Å². The van der Waals surface area contributed by atoms with Gasteiger partial charge in [0.15, 0.2) is 0 Å². The molecule has 1 unspecified atom stereocenters. The molecule has 7 heteroatoms. The van der Waals surface area contributed by atoms with E-state index < -0.39 is 0 Å². The first-order chi connectivity index (χ1) is 14.5. The van der Waals surface area contributed by atoms with Crippen molar-refractivity contribution in [2.24, 2.45) is 5.92 Å². The monoisotopic (exact) mass is 632 g/mol. The molecular formula is C26H27Cl5SiZr-2. The van der Waals surface area contributed by atoms with Crippen LogP contribution in [0.4, 0.5) is 0 Å². The minimum absolute atomic E-state index is 0. The Morgan fingerprint density at radius 2 is 1.48 bits per heavy atom. The molecule has 0 bridgehead atoms. The Morgan fingerprint density at radius 1 is 0.970 bits per heavy atom. The van der Waals surface area contributed by atoms with Crippen molar-refractivity contribution in [2.45, 2.75) is 40.8 Å². The number of halogens is 5. The van der Waals surface area contributed by atoms with Crippen LogP contribution in [-0.4, -0.2) is 5.43 Å². The molecule has 0 fully saturated rings. The van der Waals surface area contributed by atoms with Gasteiger partial charge in [-0.25, -0.2) is 5.57 Å². The molecule has 0 aromatic heterocycles. The average Bonchev–Trinajstić information content (AvgIpc) is 3.18. The van der Waals surface area contributed by atoms with E-state index in [1.807, 2.05) is 18.2 Å².